The number of nitrogens with zero attached hydrogens (tertiary/aromatic N) is 3. The van der Waals surface area contributed by atoms with Gasteiger partial charge in [-0.05, 0) is 60.9 Å². The first-order valence-electron chi connectivity index (χ1n) is 10.0. The topological polar surface area (TPSA) is 75.2 Å². The fourth-order valence-corrected chi connectivity index (χ4v) is 3.56. The molecule has 3 heterocycles. The second kappa shape index (κ2) is 10.3. The molecule has 1 aliphatic heterocycles. The molecule has 9 heteroatoms. The SMILES string of the molecule is CC1=C(c2ccc(NC(=O)c3c(F)cccc3F)nc2)CN(C(=O)c2ccccn2)CC1.Cl. The molecule has 0 radical (unpaired) electrons. The molecule has 0 bridgehead atoms. The lowest BCUT2D eigenvalue weighted by atomic mass is 9.96. The van der Waals surface area contributed by atoms with E-state index in [1.54, 1.807) is 47.6 Å². The van der Waals surface area contributed by atoms with Gasteiger partial charge in [-0.15, -0.1) is 12.4 Å². The average Bonchev–Trinajstić information content (AvgIpc) is 2.80. The summed E-state index contributed by atoms with van der Waals surface area (Å²) in [4.78, 5) is 35.1. The first kappa shape index (κ1) is 24.0. The molecule has 0 saturated heterocycles. The minimum absolute atomic E-state index is 0. The molecule has 170 valence electrons. The number of halogens is 3. The largest absolute Gasteiger partial charge is 0.333 e. The summed E-state index contributed by atoms with van der Waals surface area (Å²) < 4.78 is 27.6. The number of benzene rings is 1. The maximum Gasteiger partial charge on any atom is 0.272 e. The van der Waals surface area contributed by atoms with Crippen LogP contribution >= 0.6 is 12.4 Å². The number of pyridine rings is 2. The van der Waals surface area contributed by atoms with Crippen LogP contribution in [-0.2, 0) is 0 Å². The van der Waals surface area contributed by atoms with E-state index >= 15 is 0 Å². The predicted molar refractivity (Wildman–Crippen MR) is 123 cm³/mol. The Bertz CT molecular complexity index is 1180. The first-order valence-corrected chi connectivity index (χ1v) is 10.0. The number of carbonyl (C=O) groups is 2. The molecule has 1 N–H and O–H groups in total. The average molecular weight is 471 g/mol. The van der Waals surface area contributed by atoms with E-state index in [4.69, 9.17) is 0 Å². The normalized spacial score (nSPS) is 13.4. The summed E-state index contributed by atoms with van der Waals surface area (Å²) in [6, 6.07) is 11.8. The number of aromatic nitrogens is 2. The Kier molecular flexibility index (Phi) is 7.50. The van der Waals surface area contributed by atoms with Crippen molar-refractivity contribution in [1.82, 2.24) is 14.9 Å². The van der Waals surface area contributed by atoms with Crippen LogP contribution < -0.4 is 5.32 Å². The molecule has 1 aliphatic rings. The minimum Gasteiger partial charge on any atom is -0.333 e. The van der Waals surface area contributed by atoms with Gasteiger partial charge >= 0.3 is 0 Å². The Hall–Kier alpha value is -3.65. The second-order valence-corrected chi connectivity index (χ2v) is 7.43. The van der Waals surface area contributed by atoms with Crippen molar-refractivity contribution in [1.29, 1.82) is 0 Å². The molecule has 6 nitrogen and oxygen atoms in total. The number of amides is 2. The second-order valence-electron chi connectivity index (χ2n) is 7.43. The third-order valence-electron chi connectivity index (χ3n) is 5.34. The van der Waals surface area contributed by atoms with Gasteiger partial charge in [-0.3, -0.25) is 14.6 Å². The highest BCUT2D eigenvalue weighted by Crippen LogP contribution is 2.27. The van der Waals surface area contributed by atoms with Gasteiger partial charge in [0.05, 0.1) is 0 Å². The van der Waals surface area contributed by atoms with Crippen LogP contribution in [0.5, 0.6) is 0 Å². The molecule has 0 saturated carbocycles. The van der Waals surface area contributed by atoms with Crippen LogP contribution in [0.2, 0.25) is 0 Å². The molecule has 0 aliphatic carbocycles. The molecule has 0 unspecified atom stereocenters. The van der Waals surface area contributed by atoms with E-state index in [2.05, 4.69) is 15.3 Å². The highest BCUT2D eigenvalue weighted by Gasteiger charge is 2.24. The molecule has 33 heavy (non-hydrogen) atoms. The van der Waals surface area contributed by atoms with Crippen LogP contribution in [0.25, 0.3) is 5.57 Å². The van der Waals surface area contributed by atoms with Crippen LogP contribution in [0, 0.1) is 11.6 Å². The molecule has 3 aromatic rings. The van der Waals surface area contributed by atoms with Gasteiger partial charge in [-0.1, -0.05) is 17.7 Å². The highest BCUT2D eigenvalue weighted by molar-refractivity contribution is 6.04. The van der Waals surface area contributed by atoms with Crippen molar-refractivity contribution in [3.05, 3.63) is 95.0 Å². The van der Waals surface area contributed by atoms with Crippen LogP contribution in [0.15, 0.2) is 66.5 Å². The lowest BCUT2D eigenvalue weighted by Crippen LogP contribution is -2.36. The molecule has 2 aromatic heterocycles. The lowest BCUT2D eigenvalue weighted by Gasteiger charge is -2.30. The number of nitrogens with one attached hydrogen (secondary N) is 1. The van der Waals surface area contributed by atoms with Crippen LogP contribution in [0.3, 0.4) is 0 Å². The summed E-state index contributed by atoms with van der Waals surface area (Å²) in [6.07, 6.45) is 3.88. The number of carbonyl (C=O) groups excluding carboxylic acids is 2. The standard InChI is InChI=1S/C24H20F2N4O2.ClH/c1-15-10-12-30(24(32)20-7-2-3-11-27-20)14-17(15)16-8-9-21(28-13-16)29-23(31)22-18(25)5-4-6-19(22)26;/h2-9,11,13H,10,12,14H2,1H3,(H,28,29,31);1H. The molecule has 0 spiro atoms. The summed E-state index contributed by atoms with van der Waals surface area (Å²) in [5.74, 6) is -2.78. The smallest absolute Gasteiger partial charge is 0.272 e. The summed E-state index contributed by atoms with van der Waals surface area (Å²) in [7, 11) is 0. The van der Waals surface area contributed by atoms with Gasteiger partial charge in [-0.2, -0.15) is 0 Å². The summed E-state index contributed by atoms with van der Waals surface area (Å²) in [6.45, 7) is 3.02. The van der Waals surface area contributed by atoms with Gasteiger partial charge in [0.1, 0.15) is 28.7 Å². The molecule has 4 rings (SSSR count). The van der Waals surface area contributed by atoms with E-state index in [0.29, 0.717) is 18.8 Å². The summed E-state index contributed by atoms with van der Waals surface area (Å²) in [5, 5.41) is 2.41. The number of rotatable bonds is 4. The van der Waals surface area contributed by atoms with Gasteiger partial charge in [0.25, 0.3) is 11.8 Å². The van der Waals surface area contributed by atoms with Crippen molar-refractivity contribution in [3.63, 3.8) is 0 Å². The lowest BCUT2D eigenvalue weighted by molar-refractivity contribution is 0.0767. The zero-order valence-electron chi connectivity index (χ0n) is 17.7. The fraction of sp³-hybridized carbons (Fsp3) is 0.167. The number of anilines is 1. The highest BCUT2D eigenvalue weighted by atomic mass is 35.5. The van der Waals surface area contributed by atoms with E-state index in [0.717, 1.165) is 35.3 Å². The van der Waals surface area contributed by atoms with E-state index < -0.39 is 23.1 Å². The Morgan fingerprint density at radius 1 is 1.00 bits per heavy atom. The molecule has 0 fully saturated rings. The van der Waals surface area contributed by atoms with Crippen molar-refractivity contribution >= 4 is 35.6 Å². The predicted octanol–water partition coefficient (Wildman–Crippen LogP) is 4.75. The van der Waals surface area contributed by atoms with Gasteiger partial charge < -0.3 is 10.2 Å². The van der Waals surface area contributed by atoms with E-state index in [9.17, 15) is 18.4 Å². The zero-order chi connectivity index (χ0) is 22.7. The zero-order valence-corrected chi connectivity index (χ0v) is 18.5. The van der Waals surface area contributed by atoms with Crippen LogP contribution in [0.4, 0.5) is 14.6 Å². The van der Waals surface area contributed by atoms with Crippen molar-refractivity contribution < 1.29 is 18.4 Å². The fourth-order valence-electron chi connectivity index (χ4n) is 3.56. The monoisotopic (exact) mass is 470 g/mol. The number of hydrogen-bond donors (Lipinski definition) is 1. The first-order chi connectivity index (χ1) is 15.4. The van der Waals surface area contributed by atoms with E-state index in [1.807, 2.05) is 6.92 Å². The molecule has 0 atom stereocenters. The van der Waals surface area contributed by atoms with Crippen molar-refractivity contribution in [2.24, 2.45) is 0 Å². The third-order valence-corrected chi connectivity index (χ3v) is 5.34. The Morgan fingerprint density at radius 2 is 1.76 bits per heavy atom. The van der Waals surface area contributed by atoms with E-state index in [-0.39, 0.29) is 24.1 Å². The summed E-state index contributed by atoms with van der Waals surface area (Å²) in [5.41, 5.74) is 2.64. The van der Waals surface area contributed by atoms with Crippen LogP contribution in [-0.4, -0.2) is 39.8 Å². The maximum atomic E-state index is 13.8. The molecule has 2 amide bonds. The van der Waals surface area contributed by atoms with Gasteiger partial charge in [-0.25, -0.2) is 13.8 Å². The molecular weight excluding hydrogens is 450 g/mol. The molecular formula is C24H21ClF2N4O2. The molecule has 1 aromatic carbocycles. The third kappa shape index (κ3) is 5.23. The van der Waals surface area contributed by atoms with E-state index in [1.165, 1.54) is 6.07 Å². The van der Waals surface area contributed by atoms with Crippen LogP contribution in [0.1, 0.15) is 39.8 Å². The van der Waals surface area contributed by atoms with Gasteiger partial charge in [0, 0.05) is 25.5 Å². The summed E-state index contributed by atoms with van der Waals surface area (Å²) >= 11 is 0. The Balaban J connectivity index is 0.00000306. The number of hydrogen-bond acceptors (Lipinski definition) is 4. The Morgan fingerprint density at radius 3 is 2.39 bits per heavy atom. The maximum absolute atomic E-state index is 13.8. The van der Waals surface area contributed by atoms with Gasteiger partial charge in [0.2, 0.25) is 0 Å². The minimum atomic E-state index is -0.945. The van der Waals surface area contributed by atoms with Crippen molar-refractivity contribution in [2.45, 2.75) is 13.3 Å². The van der Waals surface area contributed by atoms with Gasteiger partial charge in [0.15, 0.2) is 0 Å². The van der Waals surface area contributed by atoms with Crippen molar-refractivity contribution in [3.8, 4) is 0 Å². The quantitative estimate of drug-likeness (QED) is 0.597. The Labute approximate surface area is 195 Å². The van der Waals surface area contributed by atoms with Crippen molar-refractivity contribution in [2.75, 3.05) is 18.4 Å².